The van der Waals surface area contributed by atoms with Gasteiger partial charge in [-0.25, -0.2) is 0 Å². The second-order valence-electron chi connectivity index (χ2n) is 7.57. The first-order chi connectivity index (χ1) is 14.2. The molecule has 0 spiro atoms. The zero-order valence-corrected chi connectivity index (χ0v) is 17.9. The molecular formula is C22H28ClN3O4. The van der Waals surface area contributed by atoms with E-state index in [0.717, 1.165) is 17.9 Å². The van der Waals surface area contributed by atoms with Gasteiger partial charge in [-0.15, -0.1) is 12.4 Å². The van der Waals surface area contributed by atoms with Crippen molar-refractivity contribution in [3.8, 4) is 5.75 Å². The van der Waals surface area contributed by atoms with Crippen molar-refractivity contribution in [2.45, 2.75) is 18.9 Å². The molecule has 0 bridgehead atoms. The zero-order chi connectivity index (χ0) is 20.2. The van der Waals surface area contributed by atoms with Crippen molar-refractivity contribution in [3.05, 3.63) is 54.0 Å². The lowest BCUT2D eigenvalue weighted by molar-refractivity contribution is -0.140. The molecule has 162 valence electrons. The second kappa shape index (κ2) is 10.00. The Morgan fingerprint density at radius 3 is 2.60 bits per heavy atom. The number of furan rings is 1. The second-order valence-corrected chi connectivity index (χ2v) is 7.57. The maximum Gasteiger partial charge on any atom is 0.257 e. The number of nitrogens with zero attached hydrogens (tertiary/aromatic N) is 2. The van der Waals surface area contributed by atoms with Crippen LogP contribution in [0.15, 0.2) is 47.3 Å². The van der Waals surface area contributed by atoms with Crippen molar-refractivity contribution in [1.29, 1.82) is 0 Å². The molecule has 8 heteroatoms. The van der Waals surface area contributed by atoms with Crippen molar-refractivity contribution < 1.29 is 18.7 Å². The largest absolute Gasteiger partial charge is 0.496 e. The Balaban J connectivity index is 0.00000256. The summed E-state index contributed by atoms with van der Waals surface area (Å²) in [4.78, 5) is 29.7. The van der Waals surface area contributed by atoms with Gasteiger partial charge in [0, 0.05) is 44.2 Å². The van der Waals surface area contributed by atoms with E-state index in [1.807, 2.05) is 34.1 Å². The molecule has 0 saturated carbocycles. The lowest BCUT2D eigenvalue weighted by Gasteiger charge is -2.40. The molecule has 2 aliphatic heterocycles. The lowest BCUT2D eigenvalue weighted by Crippen LogP contribution is -2.52. The number of carbonyl (C=O) groups is 2. The average molecular weight is 434 g/mol. The third-order valence-electron chi connectivity index (χ3n) is 5.92. The number of likely N-dealkylation sites (tertiary alicyclic amines) is 1. The van der Waals surface area contributed by atoms with E-state index >= 15 is 0 Å². The van der Waals surface area contributed by atoms with Gasteiger partial charge < -0.3 is 24.3 Å². The zero-order valence-electron chi connectivity index (χ0n) is 17.1. The van der Waals surface area contributed by atoms with Gasteiger partial charge in [0.2, 0.25) is 5.91 Å². The fraction of sp³-hybridized carbons (Fsp3) is 0.455. The van der Waals surface area contributed by atoms with Gasteiger partial charge in [0.1, 0.15) is 12.0 Å². The molecule has 1 aromatic carbocycles. The van der Waals surface area contributed by atoms with Crippen molar-refractivity contribution in [1.82, 2.24) is 15.1 Å². The average Bonchev–Trinajstić information content (AvgIpc) is 3.33. The van der Waals surface area contributed by atoms with Gasteiger partial charge in [0.05, 0.1) is 25.0 Å². The fourth-order valence-corrected chi connectivity index (χ4v) is 4.32. The van der Waals surface area contributed by atoms with Crippen LogP contribution in [0.2, 0.25) is 0 Å². The van der Waals surface area contributed by atoms with E-state index in [4.69, 9.17) is 9.15 Å². The molecule has 1 unspecified atom stereocenters. The number of halogens is 1. The third-order valence-corrected chi connectivity index (χ3v) is 5.92. The van der Waals surface area contributed by atoms with E-state index in [1.54, 1.807) is 13.2 Å². The van der Waals surface area contributed by atoms with Crippen LogP contribution in [0.5, 0.6) is 5.75 Å². The minimum Gasteiger partial charge on any atom is -0.496 e. The Bertz CT molecular complexity index is 850. The number of benzene rings is 1. The van der Waals surface area contributed by atoms with E-state index in [1.165, 1.54) is 12.5 Å². The van der Waals surface area contributed by atoms with Crippen LogP contribution in [0.3, 0.4) is 0 Å². The number of amides is 2. The van der Waals surface area contributed by atoms with Crippen LogP contribution in [-0.4, -0.2) is 61.4 Å². The van der Waals surface area contributed by atoms with E-state index in [9.17, 15) is 9.59 Å². The van der Waals surface area contributed by atoms with Crippen LogP contribution >= 0.6 is 12.4 Å². The smallest absolute Gasteiger partial charge is 0.257 e. The van der Waals surface area contributed by atoms with Crippen LogP contribution in [0, 0.1) is 5.92 Å². The number of carbonyl (C=O) groups excluding carboxylic acids is 2. The number of ether oxygens (including phenoxy) is 1. The van der Waals surface area contributed by atoms with E-state index in [2.05, 4.69) is 5.32 Å². The Kier molecular flexibility index (Phi) is 7.39. The first-order valence-electron chi connectivity index (χ1n) is 10.1. The summed E-state index contributed by atoms with van der Waals surface area (Å²) in [7, 11) is 1.66. The number of piperidine rings is 1. The van der Waals surface area contributed by atoms with Gasteiger partial charge >= 0.3 is 0 Å². The minimum atomic E-state index is -0.0568. The summed E-state index contributed by atoms with van der Waals surface area (Å²) in [5, 5.41) is 3.40. The Hall–Kier alpha value is -2.51. The van der Waals surface area contributed by atoms with Gasteiger partial charge in [-0.2, -0.15) is 0 Å². The molecule has 1 atom stereocenters. The molecule has 3 heterocycles. The highest BCUT2D eigenvalue weighted by Crippen LogP contribution is 2.32. The topological polar surface area (TPSA) is 75.0 Å². The maximum absolute atomic E-state index is 13.4. The Morgan fingerprint density at radius 1 is 1.13 bits per heavy atom. The summed E-state index contributed by atoms with van der Waals surface area (Å²) in [6.07, 6.45) is 4.35. The van der Waals surface area contributed by atoms with Crippen molar-refractivity contribution in [3.63, 3.8) is 0 Å². The molecule has 4 rings (SSSR count). The molecule has 2 amide bonds. The van der Waals surface area contributed by atoms with Gasteiger partial charge in [-0.05, 0) is 25.0 Å². The van der Waals surface area contributed by atoms with Gasteiger partial charge in [-0.1, -0.05) is 18.2 Å². The molecule has 2 aliphatic rings. The van der Waals surface area contributed by atoms with Crippen molar-refractivity contribution >= 4 is 24.2 Å². The first-order valence-corrected chi connectivity index (χ1v) is 10.1. The summed E-state index contributed by atoms with van der Waals surface area (Å²) >= 11 is 0. The number of hydrogen-bond donors (Lipinski definition) is 1. The molecule has 1 N–H and O–H groups in total. The highest BCUT2D eigenvalue weighted by atomic mass is 35.5. The number of hydrogen-bond acceptors (Lipinski definition) is 5. The minimum absolute atomic E-state index is 0. The maximum atomic E-state index is 13.4. The van der Waals surface area contributed by atoms with Crippen LogP contribution in [0.1, 0.15) is 34.8 Å². The molecule has 2 aromatic rings. The number of nitrogens with one attached hydrogen (secondary N) is 1. The highest BCUT2D eigenvalue weighted by Gasteiger charge is 2.36. The molecule has 2 saturated heterocycles. The quantitative estimate of drug-likeness (QED) is 0.802. The van der Waals surface area contributed by atoms with Crippen LogP contribution in [-0.2, 0) is 4.79 Å². The number of piperazine rings is 1. The van der Waals surface area contributed by atoms with Gasteiger partial charge in [-0.3, -0.25) is 9.59 Å². The lowest BCUT2D eigenvalue weighted by atomic mass is 9.92. The predicted octanol–water partition coefficient (Wildman–Crippen LogP) is 2.74. The van der Waals surface area contributed by atoms with Gasteiger partial charge in [0.25, 0.3) is 5.91 Å². The number of para-hydroxylation sites is 1. The number of rotatable bonds is 4. The predicted molar refractivity (Wildman–Crippen MR) is 115 cm³/mol. The van der Waals surface area contributed by atoms with Crippen LogP contribution < -0.4 is 10.1 Å². The molecule has 2 fully saturated rings. The Labute approximate surface area is 182 Å². The van der Waals surface area contributed by atoms with Crippen molar-refractivity contribution in [2.75, 3.05) is 39.8 Å². The van der Waals surface area contributed by atoms with Crippen LogP contribution in [0.4, 0.5) is 0 Å². The van der Waals surface area contributed by atoms with E-state index in [-0.39, 0.29) is 36.2 Å². The summed E-state index contributed by atoms with van der Waals surface area (Å²) in [5.41, 5.74) is 1.59. The van der Waals surface area contributed by atoms with Gasteiger partial charge in [0.15, 0.2) is 0 Å². The fourth-order valence-electron chi connectivity index (χ4n) is 4.32. The third kappa shape index (κ3) is 4.47. The summed E-state index contributed by atoms with van der Waals surface area (Å²) < 4.78 is 10.5. The Morgan fingerprint density at radius 2 is 1.90 bits per heavy atom. The molecule has 30 heavy (non-hydrogen) atoms. The summed E-state index contributed by atoms with van der Waals surface area (Å²) in [5.74, 6) is 0.898. The SMILES string of the molecule is COc1ccccc1C1CNCCN1C(=O)C1CCN(C(=O)c2ccoc2)CC1.Cl. The molecule has 0 radical (unpaired) electrons. The molecule has 1 aromatic heterocycles. The highest BCUT2D eigenvalue weighted by molar-refractivity contribution is 5.94. The summed E-state index contributed by atoms with van der Waals surface area (Å²) in [6.45, 7) is 3.35. The summed E-state index contributed by atoms with van der Waals surface area (Å²) in [6, 6.07) is 9.53. The molecule has 7 nitrogen and oxygen atoms in total. The normalized spacial score (nSPS) is 19.8. The van der Waals surface area contributed by atoms with E-state index in [0.29, 0.717) is 44.6 Å². The van der Waals surface area contributed by atoms with Crippen LogP contribution in [0.25, 0.3) is 0 Å². The standard InChI is InChI=1S/C22H27N3O4.ClH/c1-28-20-5-3-2-4-18(20)19-14-23-9-12-25(19)22(27)16-6-10-24(11-7-16)21(26)17-8-13-29-15-17;/h2-5,8,13,15-16,19,23H,6-7,9-12,14H2,1H3;1H. The number of methoxy groups -OCH3 is 1. The monoisotopic (exact) mass is 433 g/mol. The molecular weight excluding hydrogens is 406 g/mol. The van der Waals surface area contributed by atoms with Crippen molar-refractivity contribution in [2.24, 2.45) is 5.92 Å². The first kappa shape index (κ1) is 22.2. The van der Waals surface area contributed by atoms with E-state index < -0.39 is 0 Å². The molecule has 0 aliphatic carbocycles.